The first-order valence-corrected chi connectivity index (χ1v) is 1.86. The van der Waals surface area contributed by atoms with Crippen molar-refractivity contribution in [2.24, 2.45) is 20.7 Å². The van der Waals surface area contributed by atoms with E-state index in [1.54, 1.807) is 6.08 Å². The minimum Gasteiger partial charge on any atom is -0.134 e. The largest absolute Gasteiger partial charge is 0.203 e. The van der Waals surface area contributed by atoms with Crippen molar-refractivity contribution >= 4 is 0 Å². The van der Waals surface area contributed by atoms with Gasteiger partial charge in [-0.3, -0.25) is 0 Å². The van der Waals surface area contributed by atoms with E-state index in [9.17, 15) is 0 Å². The van der Waals surface area contributed by atoms with Crippen LogP contribution in [0.5, 0.6) is 0 Å². The molecule has 36 valence electrons. The molecule has 0 radical (unpaired) electrons. The highest BCUT2D eigenvalue weighted by molar-refractivity contribution is 4.82. The minimum absolute atomic E-state index is 0.222. The summed E-state index contributed by atoms with van der Waals surface area (Å²) in [6.07, 6.45) is 1.35. The average molecular weight is 96.1 g/mol. The van der Waals surface area contributed by atoms with E-state index in [4.69, 9.17) is 0 Å². The summed E-state index contributed by atoms with van der Waals surface area (Å²) in [6.45, 7) is 3.44. The summed E-state index contributed by atoms with van der Waals surface area (Å²) >= 11 is 0. The fourth-order valence-corrected chi connectivity index (χ4v) is 0.269. The lowest BCUT2D eigenvalue weighted by Crippen LogP contribution is -1.85. The van der Waals surface area contributed by atoms with Crippen LogP contribution in [0.3, 0.4) is 0 Å². The number of hydrogen-bond donors (Lipinski definition) is 0. The third kappa shape index (κ3) is 0.677. The van der Waals surface area contributed by atoms with Crippen molar-refractivity contribution in [3.63, 3.8) is 0 Å². The summed E-state index contributed by atoms with van der Waals surface area (Å²) < 4.78 is 0. The molecule has 1 aliphatic heterocycles. The van der Waals surface area contributed by atoms with Crippen LogP contribution < -0.4 is 0 Å². The molecule has 0 spiro atoms. The molecule has 0 N–H and O–H groups in total. The first-order chi connectivity index (χ1) is 3.43. The molecule has 0 saturated carbocycles. The molecule has 0 atom stereocenters. The van der Waals surface area contributed by atoms with E-state index >= 15 is 0 Å². The maximum Gasteiger partial charge on any atom is 0.203 e. The Labute approximate surface area is 40.6 Å². The van der Waals surface area contributed by atoms with Crippen molar-refractivity contribution in [1.29, 1.82) is 0 Å². The SMILES string of the molecule is C=CC1N=NN=N1. The molecule has 0 bridgehead atoms. The van der Waals surface area contributed by atoms with Crippen molar-refractivity contribution in [3.05, 3.63) is 12.7 Å². The van der Waals surface area contributed by atoms with Gasteiger partial charge in [0.1, 0.15) is 0 Å². The van der Waals surface area contributed by atoms with E-state index < -0.39 is 0 Å². The highest BCUT2D eigenvalue weighted by atomic mass is 15.6. The second-order valence-electron chi connectivity index (χ2n) is 1.06. The molecule has 0 unspecified atom stereocenters. The van der Waals surface area contributed by atoms with Crippen LogP contribution in [0.2, 0.25) is 0 Å². The van der Waals surface area contributed by atoms with E-state index in [1.807, 2.05) is 0 Å². The summed E-state index contributed by atoms with van der Waals surface area (Å²) in [5, 5.41) is 13.6. The standard InChI is InChI=1S/C3H4N4/c1-2-3-4-6-7-5-3/h2-3H,1H2. The fraction of sp³-hybridized carbons (Fsp3) is 0.333. The van der Waals surface area contributed by atoms with Gasteiger partial charge in [0.25, 0.3) is 0 Å². The van der Waals surface area contributed by atoms with Gasteiger partial charge in [-0.15, -0.1) is 10.2 Å². The molecule has 0 aromatic rings. The van der Waals surface area contributed by atoms with Crippen LogP contribution in [-0.2, 0) is 0 Å². The van der Waals surface area contributed by atoms with Gasteiger partial charge in [0.05, 0.1) is 0 Å². The predicted octanol–water partition coefficient (Wildman–Crippen LogP) is 1.33. The van der Waals surface area contributed by atoms with E-state index in [2.05, 4.69) is 27.3 Å². The maximum atomic E-state index is 3.53. The molecule has 0 fully saturated rings. The van der Waals surface area contributed by atoms with Gasteiger partial charge < -0.3 is 0 Å². The summed E-state index contributed by atoms with van der Waals surface area (Å²) in [5.41, 5.74) is 0. The van der Waals surface area contributed by atoms with Crippen LogP contribution in [-0.4, -0.2) is 6.17 Å². The molecule has 1 heterocycles. The van der Waals surface area contributed by atoms with Gasteiger partial charge in [0.2, 0.25) is 6.17 Å². The van der Waals surface area contributed by atoms with Crippen molar-refractivity contribution < 1.29 is 0 Å². The van der Waals surface area contributed by atoms with E-state index in [0.717, 1.165) is 0 Å². The minimum atomic E-state index is -0.222. The lowest BCUT2D eigenvalue weighted by Gasteiger charge is -1.81. The van der Waals surface area contributed by atoms with Gasteiger partial charge in [-0.25, -0.2) is 0 Å². The highest BCUT2D eigenvalue weighted by Crippen LogP contribution is 2.03. The topological polar surface area (TPSA) is 49.4 Å². The van der Waals surface area contributed by atoms with Gasteiger partial charge in [-0.2, -0.15) is 0 Å². The van der Waals surface area contributed by atoms with Gasteiger partial charge in [0.15, 0.2) is 0 Å². The second-order valence-corrected chi connectivity index (χ2v) is 1.06. The third-order valence-corrected chi connectivity index (χ3v) is 0.591. The van der Waals surface area contributed by atoms with Crippen molar-refractivity contribution in [2.45, 2.75) is 6.17 Å². The maximum absolute atomic E-state index is 3.53. The van der Waals surface area contributed by atoms with Crippen LogP contribution in [0.4, 0.5) is 0 Å². The lowest BCUT2D eigenvalue weighted by atomic mass is 10.5. The normalized spacial score (nSPS) is 18.3. The molecule has 0 amide bonds. The number of nitrogens with zero attached hydrogens (tertiary/aromatic N) is 4. The summed E-state index contributed by atoms with van der Waals surface area (Å²) in [7, 11) is 0. The van der Waals surface area contributed by atoms with Crippen molar-refractivity contribution in [1.82, 2.24) is 0 Å². The fourth-order valence-electron chi connectivity index (χ4n) is 0.269. The molecule has 0 aromatic carbocycles. The predicted molar refractivity (Wildman–Crippen MR) is 23.7 cm³/mol. The zero-order valence-electron chi connectivity index (χ0n) is 3.65. The van der Waals surface area contributed by atoms with Gasteiger partial charge in [-0.1, -0.05) is 6.58 Å². The third-order valence-electron chi connectivity index (χ3n) is 0.591. The zero-order chi connectivity index (χ0) is 5.11. The first kappa shape index (κ1) is 4.11. The average Bonchev–Trinajstić information content (AvgIpc) is 2.14. The van der Waals surface area contributed by atoms with Crippen LogP contribution in [0.15, 0.2) is 33.3 Å². The van der Waals surface area contributed by atoms with Crippen molar-refractivity contribution in [3.8, 4) is 0 Å². The van der Waals surface area contributed by atoms with Gasteiger partial charge >= 0.3 is 0 Å². The molecule has 4 heteroatoms. The lowest BCUT2D eigenvalue weighted by molar-refractivity contribution is 0.865. The highest BCUT2D eigenvalue weighted by Gasteiger charge is 1.99. The first-order valence-electron chi connectivity index (χ1n) is 1.86. The molecule has 0 aromatic heterocycles. The summed E-state index contributed by atoms with van der Waals surface area (Å²) in [4.78, 5) is 0. The van der Waals surface area contributed by atoms with Gasteiger partial charge in [-0.05, 0) is 16.5 Å². The van der Waals surface area contributed by atoms with E-state index in [-0.39, 0.29) is 6.17 Å². The molecule has 7 heavy (non-hydrogen) atoms. The zero-order valence-corrected chi connectivity index (χ0v) is 3.65. The van der Waals surface area contributed by atoms with Crippen LogP contribution in [0.25, 0.3) is 0 Å². The Kier molecular flexibility index (Phi) is 0.934. The Hall–Kier alpha value is -1.06. The van der Waals surface area contributed by atoms with Crippen LogP contribution >= 0.6 is 0 Å². The number of hydrogen-bond acceptors (Lipinski definition) is 4. The molecule has 0 aliphatic carbocycles. The van der Waals surface area contributed by atoms with E-state index in [0.29, 0.717) is 0 Å². The Morgan fingerprint density at radius 1 is 1.29 bits per heavy atom. The quantitative estimate of drug-likeness (QED) is 0.442. The molecule has 0 saturated heterocycles. The molecule has 1 aliphatic rings. The Morgan fingerprint density at radius 3 is 2.14 bits per heavy atom. The molecular formula is C3H4N4. The Bertz CT molecular complexity index is 113. The van der Waals surface area contributed by atoms with Crippen LogP contribution in [0, 0.1) is 0 Å². The van der Waals surface area contributed by atoms with Gasteiger partial charge in [0, 0.05) is 0 Å². The Balaban J connectivity index is 2.59. The molecule has 1 rings (SSSR count). The smallest absolute Gasteiger partial charge is 0.134 e. The number of rotatable bonds is 1. The van der Waals surface area contributed by atoms with Crippen molar-refractivity contribution in [2.75, 3.05) is 0 Å². The van der Waals surface area contributed by atoms with E-state index in [1.165, 1.54) is 0 Å². The Morgan fingerprint density at radius 2 is 1.86 bits per heavy atom. The summed E-state index contributed by atoms with van der Waals surface area (Å²) in [5.74, 6) is 0. The molecular weight excluding hydrogens is 92.1 g/mol. The van der Waals surface area contributed by atoms with Crippen LogP contribution in [0.1, 0.15) is 0 Å². The summed E-state index contributed by atoms with van der Waals surface area (Å²) in [6, 6.07) is 0. The monoisotopic (exact) mass is 96.0 g/mol. The second kappa shape index (κ2) is 1.59. The molecule has 4 nitrogen and oxygen atoms in total.